The van der Waals surface area contributed by atoms with Crippen molar-refractivity contribution in [3.05, 3.63) is 35.8 Å². The Labute approximate surface area is 115 Å². The lowest BCUT2D eigenvalue weighted by molar-refractivity contribution is 0.152. The molecular weight excluding hydrogens is 239 g/mol. The van der Waals surface area contributed by atoms with Gasteiger partial charge in [-0.1, -0.05) is 6.92 Å². The fourth-order valence-corrected chi connectivity index (χ4v) is 3.33. The number of hydrogen-bond donors (Lipinski definition) is 1. The number of benzene rings is 1. The van der Waals surface area contributed by atoms with Crippen LogP contribution < -0.4 is 0 Å². The van der Waals surface area contributed by atoms with E-state index in [1.807, 2.05) is 6.07 Å². The molecule has 104 valence electrons. The van der Waals surface area contributed by atoms with Crippen molar-refractivity contribution in [1.29, 1.82) is 0 Å². The molecule has 0 radical (unpaired) electrons. The maximum absolute atomic E-state index is 13.2. The zero-order valence-electron chi connectivity index (χ0n) is 11.6. The molecule has 0 saturated carbocycles. The summed E-state index contributed by atoms with van der Waals surface area (Å²) in [6, 6.07) is 5.74. The van der Waals surface area contributed by atoms with Crippen LogP contribution in [-0.2, 0) is 0 Å². The zero-order chi connectivity index (χ0) is 13.4. The van der Waals surface area contributed by atoms with Crippen LogP contribution in [0, 0.1) is 5.82 Å². The number of nitrogens with zero attached hydrogens (tertiary/aromatic N) is 1. The molecule has 0 aliphatic carbocycles. The topological polar surface area (TPSA) is 19.0 Å². The minimum atomic E-state index is -0.173. The van der Waals surface area contributed by atoms with Gasteiger partial charge in [0.2, 0.25) is 0 Å². The standard InChI is InChI=1S/C16H21FN2.H2/c1-3-19-10-12(5-4-11(19)2)15-9-18-16-8-13(17)6-7-14(15)16;/h6-9,11-12,18H,3-5,10H2,1-2H3;1H/t11-,12+;/m0./s1. The van der Waals surface area contributed by atoms with E-state index in [1.54, 1.807) is 12.1 Å². The van der Waals surface area contributed by atoms with Crippen LogP contribution in [0.1, 0.15) is 39.6 Å². The molecule has 2 nitrogen and oxygen atoms in total. The van der Waals surface area contributed by atoms with Gasteiger partial charge in [0.05, 0.1) is 0 Å². The number of aromatic amines is 1. The number of nitrogens with one attached hydrogen (secondary N) is 1. The van der Waals surface area contributed by atoms with Crippen LogP contribution in [0.4, 0.5) is 4.39 Å². The molecule has 1 aliphatic heterocycles. The van der Waals surface area contributed by atoms with Crippen molar-refractivity contribution in [2.75, 3.05) is 13.1 Å². The molecule has 1 aromatic carbocycles. The van der Waals surface area contributed by atoms with Gasteiger partial charge in [-0.2, -0.15) is 0 Å². The molecule has 3 rings (SSSR count). The van der Waals surface area contributed by atoms with E-state index < -0.39 is 0 Å². The van der Waals surface area contributed by atoms with E-state index in [2.05, 4.69) is 29.9 Å². The average Bonchev–Trinajstić information content (AvgIpc) is 2.82. The van der Waals surface area contributed by atoms with Gasteiger partial charge in [-0.25, -0.2) is 4.39 Å². The molecule has 1 aromatic heterocycles. The molecule has 0 spiro atoms. The predicted molar refractivity (Wildman–Crippen MR) is 79.1 cm³/mol. The van der Waals surface area contributed by atoms with Gasteiger partial charge < -0.3 is 9.88 Å². The highest BCUT2D eigenvalue weighted by Crippen LogP contribution is 2.34. The zero-order valence-corrected chi connectivity index (χ0v) is 11.6. The Hall–Kier alpha value is -1.35. The Morgan fingerprint density at radius 1 is 1.42 bits per heavy atom. The van der Waals surface area contributed by atoms with Crippen LogP contribution in [0.5, 0.6) is 0 Å². The van der Waals surface area contributed by atoms with Crippen molar-refractivity contribution in [3.8, 4) is 0 Å². The summed E-state index contributed by atoms with van der Waals surface area (Å²) in [4.78, 5) is 5.75. The Kier molecular flexibility index (Phi) is 3.31. The van der Waals surface area contributed by atoms with Crippen LogP contribution in [0.2, 0.25) is 0 Å². The summed E-state index contributed by atoms with van der Waals surface area (Å²) < 4.78 is 13.2. The van der Waals surface area contributed by atoms with Gasteiger partial charge in [-0.15, -0.1) is 0 Å². The van der Waals surface area contributed by atoms with Crippen LogP contribution in [0.15, 0.2) is 24.4 Å². The number of fused-ring (bicyclic) bond motifs is 1. The molecule has 0 unspecified atom stereocenters. The second kappa shape index (κ2) is 4.97. The van der Waals surface area contributed by atoms with Crippen molar-refractivity contribution in [2.24, 2.45) is 0 Å². The largest absolute Gasteiger partial charge is 0.361 e. The Morgan fingerprint density at radius 2 is 2.26 bits per heavy atom. The summed E-state index contributed by atoms with van der Waals surface area (Å²) in [6.45, 7) is 6.75. The van der Waals surface area contributed by atoms with Gasteiger partial charge in [0.15, 0.2) is 0 Å². The highest BCUT2D eigenvalue weighted by molar-refractivity contribution is 5.83. The molecule has 1 fully saturated rings. The second-order valence-corrected chi connectivity index (χ2v) is 5.64. The van der Waals surface area contributed by atoms with E-state index in [1.165, 1.54) is 23.8 Å². The van der Waals surface area contributed by atoms with Crippen LogP contribution in [0.3, 0.4) is 0 Å². The van der Waals surface area contributed by atoms with Gasteiger partial charge in [0.25, 0.3) is 0 Å². The van der Waals surface area contributed by atoms with Gasteiger partial charge >= 0.3 is 0 Å². The van der Waals surface area contributed by atoms with E-state index in [0.717, 1.165) is 18.6 Å². The van der Waals surface area contributed by atoms with Crippen LogP contribution in [0.25, 0.3) is 10.9 Å². The SMILES string of the molecule is CCN1C[C@H](c2c[nH]c3cc(F)ccc23)CC[C@@H]1C.[HH]. The fraction of sp³-hybridized carbons (Fsp3) is 0.500. The smallest absolute Gasteiger partial charge is 0.125 e. The third-order valence-corrected chi connectivity index (χ3v) is 4.53. The van der Waals surface area contributed by atoms with Gasteiger partial charge in [-0.3, -0.25) is 0 Å². The Balaban J connectivity index is 0.00000147. The fourth-order valence-electron chi connectivity index (χ4n) is 3.33. The molecule has 1 aliphatic rings. The first-order valence-electron chi connectivity index (χ1n) is 7.19. The van der Waals surface area contributed by atoms with Crippen molar-refractivity contribution >= 4 is 10.9 Å². The van der Waals surface area contributed by atoms with E-state index in [9.17, 15) is 4.39 Å². The summed E-state index contributed by atoms with van der Waals surface area (Å²) >= 11 is 0. The molecule has 1 saturated heterocycles. The number of piperidine rings is 1. The van der Waals surface area contributed by atoms with Crippen molar-refractivity contribution in [3.63, 3.8) is 0 Å². The Morgan fingerprint density at radius 3 is 3.05 bits per heavy atom. The molecular formula is C16H23FN2. The van der Waals surface area contributed by atoms with Gasteiger partial charge in [0.1, 0.15) is 5.82 Å². The number of rotatable bonds is 2. The minimum absolute atomic E-state index is 0. The first-order valence-corrected chi connectivity index (χ1v) is 7.19. The summed E-state index contributed by atoms with van der Waals surface area (Å²) in [6.07, 6.45) is 4.53. The third kappa shape index (κ3) is 2.27. The highest BCUT2D eigenvalue weighted by Gasteiger charge is 2.26. The molecule has 2 aromatic rings. The van der Waals surface area contributed by atoms with Crippen molar-refractivity contribution < 1.29 is 5.82 Å². The molecule has 0 amide bonds. The van der Waals surface area contributed by atoms with E-state index in [-0.39, 0.29) is 7.24 Å². The average molecular weight is 262 g/mol. The van der Waals surface area contributed by atoms with Crippen molar-refractivity contribution in [1.82, 2.24) is 9.88 Å². The molecule has 1 N–H and O–H groups in total. The third-order valence-electron chi connectivity index (χ3n) is 4.53. The van der Waals surface area contributed by atoms with Crippen molar-refractivity contribution in [2.45, 2.75) is 38.6 Å². The number of likely N-dealkylation sites (N-methyl/N-ethyl adjacent to an activating group) is 1. The molecule has 2 atom stereocenters. The number of aromatic nitrogens is 1. The monoisotopic (exact) mass is 262 g/mol. The number of likely N-dealkylation sites (tertiary alicyclic amines) is 1. The van der Waals surface area contributed by atoms with Gasteiger partial charge in [-0.05, 0) is 56.0 Å². The number of H-pyrrole nitrogens is 1. The second-order valence-electron chi connectivity index (χ2n) is 5.64. The van der Waals surface area contributed by atoms with Crippen LogP contribution in [-0.4, -0.2) is 29.0 Å². The predicted octanol–water partition coefficient (Wildman–Crippen LogP) is 4.14. The Bertz CT molecular complexity index is 581. The first-order chi connectivity index (χ1) is 9.19. The summed E-state index contributed by atoms with van der Waals surface area (Å²) in [5.41, 5.74) is 2.26. The summed E-state index contributed by atoms with van der Waals surface area (Å²) in [5.74, 6) is 0.392. The number of halogens is 1. The van der Waals surface area contributed by atoms with E-state index >= 15 is 0 Å². The van der Waals surface area contributed by atoms with E-state index in [4.69, 9.17) is 0 Å². The van der Waals surface area contributed by atoms with Crippen LogP contribution >= 0.6 is 0 Å². The molecule has 3 heteroatoms. The lowest BCUT2D eigenvalue weighted by Crippen LogP contribution is -2.40. The van der Waals surface area contributed by atoms with E-state index in [0.29, 0.717) is 12.0 Å². The van der Waals surface area contributed by atoms with Gasteiger partial charge in [0, 0.05) is 31.1 Å². The molecule has 2 heterocycles. The normalized spacial score (nSPS) is 25.0. The maximum Gasteiger partial charge on any atom is 0.125 e. The number of hydrogen-bond acceptors (Lipinski definition) is 1. The highest BCUT2D eigenvalue weighted by atomic mass is 19.1. The first kappa shape index (κ1) is 12.7. The quantitative estimate of drug-likeness (QED) is 0.861. The summed E-state index contributed by atoms with van der Waals surface area (Å²) in [5, 5.41) is 1.18. The summed E-state index contributed by atoms with van der Waals surface area (Å²) in [7, 11) is 0. The minimum Gasteiger partial charge on any atom is -0.361 e. The molecule has 19 heavy (non-hydrogen) atoms. The maximum atomic E-state index is 13.2. The lowest BCUT2D eigenvalue weighted by atomic mass is 9.87. The molecule has 0 bridgehead atoms. The lowest BCUT2D eigenvalue weighted by Gasteiger charge is -2.37.